The summed E-state index contributed by atoms with van der Waals surface area (Å²) < 4.78 is 10.9. The number of esters is 1. The van der Waals surface area contributed by atoms with E-state index in [9.17, 15) is 4.79 Å². The largest absolute Gasteiger partial charge is 0.466 e. The third kappa shape index (κ3) is 2.66. The minimum Gasteiger partial charge on any atom is -0.466 e. The highest BCUT2D eigenvalue weighted by molar-refractivity contribution is 5.90. The van der Waals surface area contributed by atoms with Crippen molar-refractivity contribution in [2.24, 2.45) is 5.92 Å². The molecule has 3 rings (SSSR count). The molecule has 0 unspecified atom stereocenters. The van der Waals surface area contributed by atoms with Gasteiger partial charge in [-0.1, -0.05) is 18.6 Å². The summed E-state index contributed by atoms with van der Waals surface area (Å²) >= 11 is 0. The van der Waals surface area contributed by atoms with Crippen LogP contribution in [0, 0.1) is 5.92 Å². The summed E-state index contributed by atoms with van der Waals surface area (Å²) in [6.45, 7) is 4.05. The molecule has 3 heteroatoms. The third-order valence-corrected chi connectivity index (χ3v) is 3.62. The van der Waals surface area contributed by atoms with E-state index in [1.807, 2.05) is 19.9 Å². The quantitative estimate of drug-likeness (QED) is 0.570. The van der Waals surface area contributed by atoms with Crippen molar-refractivity contribution >= 4 is 5.97 Å². The summed E-state index contributed by atoms with van der Waals surface area (Å²) in [5.41, 5.74) is 0.356. The van der Waals surface area contributed by atoms with Gasteiger partial charge in [-0.15, -0.1) is 0 Å². The molecule has 0 spiro atoms. The number of rotatable bonds is 3. The van der Waals surface area contributed by atoms with Crippen molar-refractivity contribution in [1.82, 2.24) is 0 Å². The van der Waals surface area contributed by atoms with Gasteiger partial charge in [0.25, 0.3) is 0 Å². The SMILES string of the molecule is COC(=O)C1=C[C@@]2(OC(C)C)C=C[C@@H]1CCCC2. The number of hydrogen-bond donors (Lipinski definition) is 0. The van der Waals surface area contributed by atoms with Crippen molar-refractivity contribution in [3.05, 3.63) is 23.8 Å². The molecule has 0 aromatic heterocycles. The Morgan fingerprint density at radius 2 is 2.22 bits per heavy atom. The molecule has 3 aliphatic carbocycles. The van der Waals surface area contributed by atoms with Gasteiger partial charge in [-0.05, 0) is 39.2 Å². The molecule has 2 bridgehead atoms. The molecule has 0 amide bonds. The van der Waals surface area contributed by atoms with E-state index in [2.05, 4.69) is 12.2 Å². The molecule has 3 nitrogen and oxygen atoms in total. The van der Waals surface area contributed by atoms with Gasteiger partial charge in [0.2, 0.25) is 0 Å². The van der Waals surface area contributed by atoms with Crippen LogP contribution in [0.1, 0.15) is 39.5 Å². The third-order valence-electron chi connectivity index (χ3n) is 3.62. The molecule has 0 aliphatic heterocycles. The lowest BCUT2D eigenvalue weighted by atomic mass is 9.77. The van der Waals surface area contributed by atoms with Crippen molar-refractivity contribution in [2.75, 3.05) is 7.11 Å². The Morgan fingerprint density at radius 3 is 2.89 bits per heavy atom. The number of allylic oxidation sites excluding steroid dienone is 1. The Kier molecular flexibility index (Phi) is 3.91. The van der Waals surface area contributed by atoms with Gasteiger partial charge in [0, 0.05) is 11.5 Å². The van der Waals surface area contributed by atoms with Gasteiger partial charge in [0.15, 0.2) is 0 Å². The fraction of sp³-hybridized carbons (Fsp3) is 0.667. The Balaban J connectivity index is 2.34. The normalized spacial score (nSPS) is 30.9. The topological polar surface area (TPSA) is 35.5 Å². The highest BCUT2D eigenvalue weighted by atomic mass is 16.5. The van der Waals surface area contributed by atoms with Crippen molar-refractivity contribution in [2.45, 2.75) is 51.2 Å². The maximum atomic E-state index is 11.9. The minimum atomic E-state index is -0.408. The lowest BCUT2D eigenvalue weighted by Gasteiger charge is -2.37. The molecule has 100 valence electrons. The molecule has 0 aromatic carbocycles. The Labute approximate surface area is 109 Å². The van der Waals surface area contributed by atoms with Crippen molar-refractivity contribution in [3.63, 3.8) is 0 Å². The molecule has 0 aromatic rings. The van der Waals surface area contributed by atoms with Crippen molar-refractivity contribution < 1.29 is 14.3 Å². The summed E-state index contributed by atoms with van der Waals surface area (Å²) in [6, 6.07) is 0. The van der Waals surface area contributed by atoms with Crippen LogP contribution in [0.25, 0.3) is 0 Å². The predicted octanol–water partition coefficient (Wildman–Crippen LogP) is 3.01. The van der Waals surface area contributed by atoms with E-state index in [0.717, 1.165) is 31.3 Å². The Bertz CT molecular complexity index is 381. The van der Waals surface area contributed by atoms with Gasteiger partial charge in [-0.3, -0.25) is 0 Å². The Morgan fingerprint density at radius 1 is 1.44 bits per heavy atom. The van der Waals surface area contributed by atoms with Gasteiger partial charge >= 0.3 is 5.97 Å². The van der Waals surface area contributed by atoms with Gasteiger partial charge in [0.05, 0.1) is 13.2 Å². The first-order valence-corrected chi connectivity index (χ1v) is 6.74. The fourth-order valence-electron chi connectivity index (χ4n) is 2.87. The molecule has 2 atom stereocenters. The molecule has 0 saturated carbocycles. The summed E-state index contributed by atoms with van der Waals surface area (Å²) in [7, 11) is 1.44. The molecule has 0 saturated heterocycles. The zero-order valence-corrected chi connectivity index (χ0v) is 11.4. The van der Waals surface area contributed by atoms with E-state index < -0.39 is 5.60 Å². The van der Waals surface area contributed by atoms with Crippen LogP contribution in [-0.4, -0.2) is 24.8 Å². The van der Waals surface area contributed by atoms with E-state index in [4.69, 9.17) is 9.47 Å². The number of fused-ring (bicyclic) bond motifs is 3. The maximum Gasteiger partial charge on any atom is 0.334 e. The summed E-state index contributed by atoms with van der Waals surface area (Å²) in [6.07, 6.45) is 10.6. The highest BCUT2D eigenvalue weighted by Crippen LogP contribution is 2.38. The van der Waals surface area contributed by atoms with Gasteiger partial charge in [-0.2, -0.15) is 0 Å². The Hall–Kier alpha value is -1.09. The minimum absolute atomic E-state index is 0.140. The van der Waals surface area contributed by atoms with E-state index in [-0.39, 0.29) is 18.0 Å². The zero-order valence-electron chi connectivity index (χ0n) is 11.4. The molecule has 3 aliphatic rings. The van der Waals surface area contributed by atoms with Gasteiger partial charge in [0.1, 0.15) is 5.60 Å². The molecule has 0 radical (unpaired) electrons. The van der Waals surface area contributed by atoms with Crippen LogP contribution in [0.2, 0.25) is 0 Å². The van der Waals surface area contributed by atoms with Gasteiger partial charge in [-0.25, -0.2) is 4.79 Å². The lowest BCUT2D eigenvalue weighted by Crippen LogP contribution is -2.36. The van der Waals surface area contributed by atoms with E-state index in [1.165, 1.54) is 7.11 Å². The summed E-state index contributed by atoms with van der Waals surface area (Å²) in [4.78, 5) is 11.9. The van der Waals surface area contributed by atoms with Crippen LogP contribution in [0.5, 0.6) is 0 Å². The van der Waals surface area contributed by atoms with Crippen molar-refractivity contribution in [1.29, 1.82) is 0 Å². The first kappa shape index (κ1) is 13.3. The lowest BCUT2D eigenvalue weighted by molar-refractivity contribution is -0.137. The highest BCUT2D eigenvalue weighted by Gasteiger charge is 2.36. The average Bonchev–Trinajstić information content (AvgIpc) is 2.30. The monoisotopic (exact) mass is 250 g/mol. The van der Waals surface area contributed by atoms with Crippen LogP contribution in [0.3, 0.4) is 0 Å². The fourth-order valence-corrected chi connectivity index (χ4v) is 2.87. The van der Waals surface area contributed by atoms with Crippen LogP contribution in [0.15, 0.2) is 23.8 Å². The molecule has 18 heavy (non-hydrogen) atoms. The van der Waals surface area contributed by atoms with Crippen LogP contribution in [0.4, 0.5) is 0 Å². The second kappa shape index (κ2) is 5.27. The standard InChI is InChI=1S/C15H22O3/c1-11(2)18-15-8-5-4-6-12(7-9-15)13(10-15)14(16)17-3/h7,9-12H,4-6,8H2,1-3H3/t12-,15-/m0/s1. The van der Waals surface area contributed by atoms with E-state index in [1.54, 1.807) is 0 Å². The second-order valence-corrected chi connectivity index (χ2v) is 5.42. The summed E-state index contributed by atoms with van der Waals surface area (Å²) in [5, 5.41) is 0. The van der Waals surface area contributed by atoms with Crippen molar-refractivity contribution in [3.8, 4) is 0 Å². The molecule has 0 N–H and O–H groups in total. The molecule has 0 heterocycles. The van der Waals surface area contributed by atoms with E-state index in [0.29, 0.717) is 0 Å². The molecular weight excluding hydrogens is 228 g/mol. The van der Waals surface area contributed by atoms with E-state index >= 15 is 0 Å². The maximum absolute atomic E-state index is 11.9. The van der Waals surface area contributed by atoms with Crippen LogP contribution >= 0.6 is 0 Å². The number of methoxy groups -OCH3 is 1. The van der Waals surface area contributed by atoms with Gasteiger partial charge < -0.3 is 9.47 Å². The number of ether oxygens (including phenoxy) is 2. The average molecular weight is 250 g/mol. The zero-order chi connectivity index (χ0) is 13.2. The first-order chi connectivity index (χ1) is 8.56. The summed E-state index contributed by atoms with van der Waals surface area (Å²) in [5.74, 6) is -0.0235. The smallest absolute Gasteiger partial charge is 0.334 e. The molecular formula is C15H22O3. The number of hydrogen-bond acceptors (Lipinski definition) is 3. The van der Waals surface area contributed by atoms with Crippen LogP contribution in [-0.2, 0) is 14.3 Å². The number of carbonyl (C=O) groups is 1. The molecule has 0 fully saturated rings. The second-order valence-electron chi connectivity index (χ2n) is 5.42. The van der Waals surface area contributed by atoms with Crippen LogP contribution < -0.4 is 0 Å². The number of carbonyl (C=O) groups excluding carboxylic acids is 1. The first-order valence-electron chi connectivity index (χ1n) is 6.74. The predicted molar refractivity (Wildman–Crippen MR) is 70.1 cm³/mol.